The molecule has 0 fully saturated rings. The Morgan fingerprint density at radius 2 is 2.20 bits per heavy atom. The standard InChI is InChI=1S/C7H9NO.BrH/c1-6-2-3-7(5-9)8-4-6;/h2-4,9H,5H2,1H3;1H. The fourth-order valence-electron chi connectivity index (χ4n) is 0.592. The zero-order valence-electron chi connectivity index (χ0n) is 5.74. The van der Waals surface area contributed by atoms with Crippen LogP contribution in [0.1, 0.15) is 11.3 Å². The molecule has 1 aromatic heterocycles. The zero-order valence-corrected chi connectivity index (χ0v) is 7.45. The Balaban J connectivity index is 0.000000810. The Bertz CT molecular complexity index is 185. The number of nitrogens with zero attached hydrogens (tertiary/aromatic N) is 1. The van der Waals surface area contributed by atoms with Crippen LogP contribution in [-0.4, -0.2) is 10.1 Å². The predicted molar refractivity (Wildman–Crippen MR) is 45.2 cm³/mol. The molecule has 0 spiro atoms. The van der Waals surface area contributed by atoms with E-state index in [1.807, 2.05) is 19.1 Å². The van der Waals surface area contributed by atoms with Crippen LogP contribution in [0.2, 0.25) is 0 Å². The minimum absolute atomic E-state index is 0. The van der Waals surface area contributed by atoms with E-state index in [0.717, 1.165) is 11.3 Å². The molecule has 56 valence electrons. The Labute approximate surface area is 70.7 Å². The Morgan fingerprint density at radius 1 is 1.50 bits per heavy atom. The summed E-state index contributed by atoms with van der Waals surface area (Å²) in [5.41, 5.74) is 1.84. The topological polar surface area (TPSA) is 33.1 Å². The van der Waals surface area contributed by atoms with E-state index >= 15 is 0 Å². The molecule has 10 heavy (non-hydrogen) atoms. The molecule has 1 aromatic rings. The number of pyridine rings is 1. The minimum Gasteiger partial charge on any atom is -0.390 e. The molecule has 0 bridgehead atoms. The number of aliphatic hydroxyl groups excluding tert-OH is 1. The molecule has 3 heteroatoms. The second kappa shape index (κ2) is 4.41. The average molecular weight is 204 g/mol. The fourth-order valence-corrected chi connectivity index (χ4v) is 0.592. The SMILES string of the molecule is Br.Cc1ccc(CO)nc1. The number of halogens is 1. The molecule has 0 aliphatic carbocycles. The van der Waals surface area contributed by atoms with Crippen LogP contribution < -0.4 is 0 Å². The van der Waals surface area contributed by atoms with Crippen LogP contribution in [0.4, 0.5) is 0 Å². The Hall–Kier alpha value is -0.410. The van der Waals surface area contributed by atoms with Gasteiger partial charge in [0.25, 0.3) is 0 Å². The first-order valence-corrected chi connectivity index (χ1v) is 2.85. The molecule has 0 saturated carbocycles. The molecular weight excluding hydrogens is 194 g/mol. The third-order valence-corrected chi connectivity index (χ3v) is 1.13. The van der Waals surface area contributed by atoms with Crippen molar-refractivity contribution in [2.45, 2.75) is 13.5 Å². The van der Waals surface area contributed by atoms with Crippen molar-refractivity contribution < 1.29 is 5.11 Å². The second-order valence-electron chi connectivity index (χ2n) is 1.99. The van der Waals surface area contributed by atoms with Gasteiger partial charge >= 0.3 is 0 Å². The van der Waals surface area contributed by atoms with Crippen molar-refractivity contribution in [2.24, 2.45) is 0 Å². The molecule has 0 unspecified atom stereocenters. The van der Waals surface area contributed by atoms with E-state index in [9.17, 15) is 0 Å². The summed E-state index contributed by atoms with van der Waals surface area (Å²) in [6, 6.07) is 3.74. The highest BCUT2D eigenvalue weighted by Crippen LogP contribution is 1.96. The van der Waals surface area contributed by atoms with E-state index in [0.29, 0.717) is 0 Å². The molecule has 0 aromatic carbocycles. The first-order chi connectivity index (χ1) is 4.33. The van der Waals surface area contributed by atoms with Crippen molar-refractivity contribution in [1.82, 2.24) is 4.98 Å². The fraction of sp³-hybridized carbons (Fsp3) is 0.286. The monoisotopic (exact) mass is 203 g/mol. The zero-order chi connectivity index (χ0) is 6.69. The molecule has 1 rings (SSSR count). The normalized spacial score (nSPS) is 8.60. The number of aromatic nitrogens is 1. The van der Waals surface area contributed by atoms with Crippen molar-refractivity contribution in [3.05, 3.63) is 29.6 Å². The lowest BCUT2D eigenvalue weighted by atomic mass is 10.3. The van der Waals surface area contributed by atoms with Gasteiger partial charge in [-0.25, -0.2) is 0 Å². The highest BCUT2D eigenvalue weighted by Gasteiger charge is 1.87. The summed E-state index contributed by atoms with van der Waals surface area (Å²) < 4.78 is 0. The van der Waals surface area contributed by atoms with Crippen molar-refractivity contribution in [2.75, 3.05) is 0 Å². The quantitative estimate of drug-likeness (QED) is 0.751. The van der Waals surface area contributed by atoms with Crippen LogP contribution in [0.5, 0.6) is 0 Å². The van der Waals surface area contributed by atoms with Gasteiger partial charge in [0.05, 0.1) is 12.3 Å². The van der Waals surface area contributed by atoms with Gasteiger partial charge in [0, 0.05) is 6.20 Å². The molecular formula is C7H10BrNO. The van der Waals surface area contributed by atoms with Crippen molar-refractivity contribution in [3.8, 4) is 0 Å². The first-order valence-electron chi connectivity index (χ1n) is 2.85. The average Bonchev–Trinajstić information content (AvgIpc) is 1.90. The van der Waals surface area contributed by atoms with Crippen LogP contribution in [0.15, 0.2) is 18.3 Å². The van der Waals surface area contributed by atoms with Crippen LogP contribution in [-0.2, 0) is 6.61 Å². The highest BCUT2D eigenvalue weighted by atomic mass is 79.9. The van der Waals surface area contributed by atoms with Crippen LogP contribution in [0.3, 0.4) is 0 Å². The Kier molecular flexibility index (Phi) is 4.23. The molecule has 0 atom stereocenters. The summed E-state index contributed by atoms with van der Waals surface area (Å²) in [7, 11) is 0. The van der Waals surface area contributed by atoms with Gasteiger partial charge in [-0.2, -0.15) is 0 Å². The van der Waals surface area contributed by atoms with Gasteiger partial charge in [-0.05, 0) is 18.6 Å². The molecule has 0 amide bonds. The maximum atomic E-state index is 8.57. The summed E-state index contributed by atoms with van der Waals surface area (Å²) in [4.78, 5) is 3.95. The third-order valence-electron chi connectivity index (χ3n) is 1.13. The number of hydrogen-bond acceptors (Lipinski definition) is 2. The molecule has 0 radical (unpaired) electrons. The van der Waals surface area contributed by atoms with Gasteiger partial charge in [0.15, 0.2) is 0 Å². The van der Waals surface area contributed by atoms with Gasteiger partial charge in [-0.15, -0.1) is 17.0 Å². The molecule has 1 N–H and O–H groups in total. The maximum absolute atomic E-state index is 8.57. The van der Waals surface area contributed by atoms with Gasteiger partial charge in [-0.1, -0.05) is 6.07 Å². The summed E-state index contributed by atoms with van der Waals surface area (Å²) >= 11 is 0. The van der Waals surface area contributed by atoms with E-state index in [1.54, 1.807) is 6.20 Å². The summed E-state index contributed by atoms with van der Waals surface area (Å²) in [5.74, 6) is 0. The summed E-state index contributed by atoms with van der Waals surface area (Å²) in [5, 5.41) is 8.57. The Morgan fingerprint density at radius 3 is 2.60 bits per heavy atom. The largest absolute Gasteiger partial charge is 0.390 e. The van der Waals surface area contributed by atoms with Crippen LogP contribution >= 0.6 is 17.0 Å². The molecule has 0 saturated heterocycles. The number of rotatable bonds is 1. The summed E-state index contributed by atoms with van der Waals surface area (Å²) in [6.07, 6.45) is 1.74. The number of aliphatic hydroxyl groups is 1. The van der Waals surface area contributed by atoms with E-state index in [4.69, 9.17) is 5.11 Å². The van der Waals surface area contributed by atoms with E-state index in [1.165, 1.54) is 0 Å². The van der Waals surface area contributed by atoms with Gasteiger partial charge in [0.1, 0.15) is 0 Å². The first kappa shape index (κ1) is 9.59. The molecule has 2 nitrogen and oxygen atoms in total. The van der Waals surface area contributed by atoms with Gasteiger partial charge in [0.2, 0.25) is 0 Å². The van der Waals surface area contributed by atoms with Gasteiger partial charge in [-0.3, -0.25) is 4.98 Å². The van der Waals surface area contributed by atoms with E-state index in [-0.39, 0.29) is 23.6 Å². The van der Waals surface area contributed by atoms with Crippen LogP contribution in [0.25, 0.3) is 0 Å². The van der Waals surface area contributed by atoms with Crippen molar-refractivity contribution in [1.29, 1.82) is 0 Å². The smallest absolute Gasteiger partial charge is 0.0852 e. The number of hydrogen-bond donors (Lipinski definition) is 1. The van der Waals surface area contributed by atoms with Crippen molar-refractivity contribution >= 4 is 17.0 Å². The predicted octanol–water partition coefficient (Wildman–Crippen LogP) is 1.46. The van der Waals surface area contributed by atoms with Crippen LogP contribution in [0, 0.1) is 6.92 Å². The third kappa shape index (κ3) is 2.45. The summed E-state index contributed by atoms with van der Waals surface area (Å²) in [6.45, 7) is 1.99. The van der Waals surface area contributed by atoms with Crippen molar-refractivity contribution in [3.63, 3.8) is 0 Å². The molecule has 0 aliphatic heterocycles. The van der Waals surface area contributed by atoms with E-state index in [2.05, 4.69) is 4.98 Å². The molecule has 0 aliphatic rings. The lowest BCUT2D eigenvalue weighted by molar-refractivity contribution is 0.277. The van der Waals surface area contributed by atoms with Gasteiger partial charge < -0.3 is 5.11 Å². The second-order valence-corrected chi connectivity index (χ2v) is 1.99. The highest BCUT2D eigenvalue weighted by molar-refractivity contribution is 8.93. The minimum atomic E-state index is 0. The molecule has 1 heterocycles. The lowest BCUT2D eigenvalue weighted by Crippen LogP contribution is -1.87. The van der Waals surface area contributed by atoms with E-state index < -0.39 is 0 Å². The lowest BCUT2D eigenvalue weighted by Gasteiger charge is -1.93. The number of aryl methyl sites for hydroxylation is 1. The maximum Gasteiger partial charge on any atom is 0.0852 e.